The second-order valence-electron chi connectivity index (χ2n) is 4.09. The van der Waals surface area contributed by atoms with E-state index in [2.05, 4.69) is 10.1 Å². The molecule has 0 fully saturated rings. The third kappa shape index (κ3) is 1.61. The number of benzene rings is 1. The van der Waals surface area contributed by atoms with Gasteiger partial charge in [-0.3, -0.25) is 0 Å². The zero-order chi connectivity index (χ0) is 12.9. The molecule has 0 aliphatic carbocycles. The maximum Gasteiger partial charge on any atom is 0.416 e. The molecule has 2 aromatic heterocycles. The van der Waals surface area contributed by atoms with E-state index in [-0.39, 0.29) is 0 Å². The first-order valence-corrected chi connectivity index (χ1v) is 5.27. The summed E-state index contributed by atoms with van der Waals surface area (Å²) < 4.78 is 39.3. The quantitative estimate of drug-likeness (QED) is 0.614. The number of hydrogen-bond donors (Lipinski definition) is 0. The Morgan fingerprint density at radius 1 is 1.17 bits per heavy atom. The largest absolute Gasteiger partial charge is 0.416 e. The molecule has 3 nitrogen and oxygen atoms in total. The Kier molecular flexibility index (Phi) is 2.10. The molecule has 0 saturated heterocycles. The maximum atomic E-state index is 12.6. The normalized spacial score (nSPS) is 12.4. The van der Waals surface area contributed by atoms with Crippen molar-refractivity contribution in [3.63, 3.8) is 0 Å². The Bertz CT molecular complexity index is 743. The summed E-state index contributed by atoms with van der Waals surface area (Å²) in [7, 11) is 0. The summed E-state index contributed by atoms with van der Waals surface area (Å²) in [6.07, 6.45) is -2.91. The number of aryl methyl sites for hydroxylation is 1. The lowest BCUT2D eigenvalue weighted by Gasteiger charge is -2.08. The van der Waals surface area contributed by atoms with E-state index in [1.165, 1.54) is 12.3 Å². The van der Waals surface area contributed by atoms with E-state index in [0.29, 0.717) is 16.6 Å². The molecule has 0 spiro atoms. The Labute approximate surface area is 99.9 Å². The first-order valence-electron chi connectivity index (χ1n) is 5.27. The lowest BCUT2D eigenvalue weighted by Crippen LogP contribution is -2.05. The molecule has 92 valence electrons. The lowest BCUT2D eigenvalue weighted by molar-refractivity contribution is -0.137. The van der Waals surface area contributed by atoms with Crippen LogP contribution in [0, 0.1) is 6.92 Å². The smallest absolute Gasteiger partial charge is 0.236 e. The van der Waals surface area contributed by atoms with Crippen LogP contribution in [0.15, 0.2) is 30.5 Å². The molecule has 3 rings (SSSR count). The van der Waals surface area contributed by atoms with Gasteiger partial charge in [0.2, 0.25) is 0 Å². The van der Waals surface area contributed by atoms with E-state index < -0.39 is 11.7 Å². The summed E-state index contributed by atoms with van der Waals surface area (Å²) >= 11 is 0. The Hall–Kier alpha value is -2.11. The molecule has 2 heterocycles. The van der Waals surface area contributed by atoms with Gasteiger partial charge in [0.05, 0.1) is 16.8 Å². The molecule has 0 unspecified atom stereocenters. The number of hydrogen-bond acceptors (Lipinski definition) is 2. The van der Waals surface area contributed by atoms with Crippen LogP contribution in [-0.4, -0.2) is 14.6 Å². The number of aromatic nitrogens is 3. The van der Waals surface area contributed by atoms with Gasteiger partial charge < -0.3 is 0 Å². The van der Waals surface area contributed by atoms with Gasteiger partial charge in [0, 0.05) is 17.6 Å². The van der Waals surface area contributed by atoms with Crippen LogP contribution in [-0.2, 0) is 6.18 Å². The van der Waals surface area contributed by atoms with E-state index in [1.807, 2.05) is 6.92 Å². The topological polar surface area (TPSA) is 30.2 Å². The van der Waals surface area contributed by atoms with Gasteiger partial charge >= 0.3 is 6.18 Å². The second kappa shape index (κ2) is 3.44. The number of nitrogens with zero attached hydrogens (tertiary/aromatic N) is 3. The van der Waals surface area contributed by atoms with Crippen LogP contribution < -0.4 is 0 Å². The van der Waals surface area contributed by atoms with Gasteiger partial charge in [-0.1, -0.05) is 0 Å². The standard InChI is InChI=1S/C12H8F3N3/c1-7-4-11-16-6-8-5-9(12(13,14)15)2-3-10(8)18(11)17-7/h2-6H,1H3. The molecule has 18 heavy (non-hydrogen) atoms. The fourth-order valence-corrected chi connectivity index (χ4v) is 1.92. The molecule has 0 aliphatic rings. The minimum Gasteiger partial charge on any atom is -0.236 e. The van der Waals surface area contributed by atoms with Crippen molar-refractivity contribution in [3.05, 3.63) is 41.7 Å². The molecule has 0 bridgehead atoms. The van der Waals surface area contributed by atoms with Gasteiger partial charge in [-0.2, -0.15) is 18.3 Å². The zero-order valence-electron chi connectivity index (χ0n) is 9.36. The van der Waals surface area contributed by atoms with Gasteiger partial charge in [0.15, 0.2) is 5.65 Å². The summed E-state index contributed by atoms with van der Waals surface area (Å²) in [6, 6.07) is 5.33. The maximum absolute atomic E-state index is 12.6. The Balaban J connectivity index is 2.34. The van der Waals surface area contributed by atoms with Gasteiger partial charge in [0.1, 0.15) is 0 Å². The Morgan fingerprint density at radius 2 is 1.94 bits per heavy atom. The highest BCUT2D eigenvalue weighted by molar-refractivity contribution is 5.81. The predicted octanol–water partition coefficient (Wildman–Crippen LogP) is 3.21. The van der Waals surface area contributed by atoms with Crippen LogP contribution in [0.5, 0.6) is 0 Å². The van der Waals surface area contributed by atoms with Crippen molar-refractivity contribution in [2.75, 3.05) is 0 Å². The minimum atomic E-state index is -4.34. The van der Waals surface area contributed by atoms with Crippen LogP contribution >= 0.6 is 0 Å². The molecule has 0 amide bonds. The molecule has 0 saturated carbocycles. The Morgan fingerprint density at radius 3 is 2.67 bits per heavy atom. The van der Waals surface area contributed by atoms with E-state index in [1.54, 1.807) is 10.6 Å². The van der Waals surface area contributed by atoms with Crippen LogP contribution in [0.25, 0.3) is 16.6 Å². The minimum absolute atomic E-state index is 0.417. The summed E-state index contributed by atoms with van der Waals surface area (Å²) in [5.74, 6) is 0. The summed E-state index contributed by atoms with van der Waals surface area (Å²) in [6.45, 7) is 1.81. The average molecular weight is 251 g/mol. The number of halogens is 3. The highest BCUT2D eigenvalue weighted by Crippen LogP contribution is 2.31. The third-order valence-electron chi connectivity index (χ3n) is 2.73. The second-order valence-corrected chi connectivity index (χ2v) is 4.09. The number of alkyl halides is 3. The van der Waals surface area contributed by atoms with Crippen molar-refractivity contribution in [2.24, 2.45) is 0 Å². The summed E-state index contributed by atoms with van der Waals surface area (Å²) in [5.41, 5.74) is 1.33. The van der Waals surface area contributed by atoms with E-state index in [9.17, 15) is 13.2 Å². The molecule has 0 N–H and O–H groups in total. The molecule has 0 atom stereocenters. The van der Waals surface area contributed by atoms with E-state index >= 15 is 0 Å². The molecule has 0 aliphatic heterocycles. The number of fused-ring (bicyclic) bond motifs is 3. The van der Waals surface area contributed by atoms with Gasteiger partial charge in [-0.25, -0.2) is 9.50 Å². The monoisotopic (exact) mass is 251 g/mol. The van der Waals surface area contributed by atoms with Crippen LogP contribution in [0.2, 0.25) is 0 Å². The van der Waals surface area contributed by atoms with Crippen molar-refractivity contribution >= 4 is 16.6 Å². The fraction of sp³-hybridized carbons (Fsp3) is 0.167. The molecule has 3 aromatic rings. The van der Waals surface area contributed by atoms with Crippen LogP contribution in [0.3, 0.4) is 0 Å². The summed E-state index contributed by atoms with van der Waals surface area (Å²) in [4.78, 5) is 4.09. The average Bonchev–Trinajstić information content (AvgIpc) is 2.68. The van der Waals surface area contributed by atoms with Gasteiger partial charge in [0.25, 0.3) is 0 Å². The third-order valence-corrected chi connectivity index (χ3v) is 2.73. The van der Waals surface area contributed by atoms with E-state index in [4.69, 9.17) is 0 Å². The summed E-state index contributed by atoms with van der Waals surface area (Å²) in [5, 5.41) is 4.62. The van der Waals surface area contributed by atoms with Gasteiger partial charge in [-0.15, -0.1) is 0 Å². The SMILES string of the molecule is Cc1cc2ncc3cc(C(F)(F)F)ccc3n2n1. The molecule has 6 heteroatoms. The molecule has 1 aromatic carbocycles. The first-order chi connectivity index (χ1) is 8.45. The zero-order valence-corrected chi connectivity index (χ0v) is 9.36. The first kappa shape index (κ1) is 11.0. The van der Waals surface area contributed by atoms with Crippen molar-refractivity contribution in [2.45, 2.75) is 13.1 Å². The fourth-order valence-electron chi connectivity index (χ4n) is 1.92. The molecular weight excluding hydrogens is 243 g/mol. The predicted molar refractivity (Wildman–Crippen MR) is 60.2 cm³/mol. The highest BCUT2D eigenvalue weighted by atomic mass is 19.4. The van der Waals surface area contributed by atoms with Crippen molar-refractivity contribution in [3.8, 4) is 0 Å². The number of rotatable bonds is 0. The van der Waals surface area contributed by atoms with Crippen molar-refractivity contribution < 1.29 is 13.2 Å². The van der Waals surface area contributed by atoms with E-state index in [0.717, 1.165) is 17.8 Å². The molecule has 0 radical (unpaired) electrons. The van der Waals surface area contributed by atoms with Crippen molar-refractivity contribution in [1.29, 1.82) is 0 Å². The van der Waals surface area contributed by atoms with Gasteiger partial charge in [-0.05, 0) is 25.1 Å². The highest BCUT2D eigenvalue weighted by Gasteiger charge is 2.30. The van der Waals surface area contributed by atoms with Crippen molar-refractivity contribution in [1.82, 2.24) is 14.6 Å². The van der Waals surface area contributed by atoms with Crippen LogP contribution in [0.1, 0.15) is 11.3 Å². The molecular formula is C12H8F3N3. The van der Waals surface area contributed by atoms with Crippen LogP contribution in [0.4, 0.5) is 13.2 Å². The lowest BCUT2D eigenvalue weighted by atomic mass is 10.1.